The Morgan fingerprint density at radius 3 is 1.56 bits per heavy atom. The van der Waals surface area contributed by atoms with Crippen molar-refractivity contribution in [3.05, 3.63) is 29.8 Å². The summed E-state index contributed by atoms with van der Waals surface area (Å²) in [6.45, 7) is 2.70. The van der Waals surface area contributed by atoms with Gasteiger partial charge in [0.2, 0.25) is 53.2 Å². The van der Waals surface area contributed by atoms with Crippen LogP contribution in [0.5, 0.6) is 5.75 Å². The van der Waals surface area contributed by atoms with Gasteiger partial charge in [-0.15, -0.1) is 0 Å². The molecule has 0 heterocycles. The maximum Gasteiger partial charge on any atom is 0.326 e. The highest BCUT2D eigenvalue weighted by atomic mass is 16.4. The first kappa shape index (κ1) is 53.0. The van der Waals surface area contributed by atoms with E-state index in [1.54, 1.807) is 13.8 Å². The first-order chi connectivity index (χ1) is 29.1. The average molecular weight is 878 g/mol. The molecule has 0 saturated carbocycles. The molecule has 1 aromatic rings. The summed E-state index contributed by atoms with van der Waals surface area (Å²) >= 11 is 0. The molecule has 0 aliphatic rings. The number of rotatable bonds is 29. The van der Waals surface area contributed by atoms with Crippen molar-refractivity contribution in [2.75, 3.05) is 13.1 Å². The van der Waals surface area contributed by atoms with Gasteiger partial charge in [0.05, 0.1) is 13.0 Å². The second-order valence-electron chi connectivity index (χ2n) is 14.3. The number of carbonyl (C=O) groups is 10. The highest BCUT2D eigenvalue weighted by Gasteiger charge is 2.35. The van der Waals surface area contributed by atoms with E-state index < -0.39 is 121 Å². The molecular weight excluding hydrogens is 818 g/mol. The van der Waals surface area contributed by atoms with E-state index in [4.69, 9.17) is 34.4 Å². The van der Waals surface area contributed by atoms with E-state index in [2.05, 4.69) is 36.9 Å². The number of hydrogen-bond donors (Lipinski definition) is 14. The summed E-state index contributed by atoms with van der Waals surface area (Å²) in [6, 6.07) is -3.61. The number of phenolic OH excluding ortho intramolecular Hbond substituents is 1. The largest absolute Gasteiger partial charge is 0.508 e. The molecule has 7 atom stereocenters. The van der Waals surface area contributed by atoms with Crippen LogP contribution in [0.2, 0.25) is 0 Å². The first-order valence-electron chi connectivity index (χ1n) is 19.5. The van der Waals surface area contributed by atoms with Crippen LogP contribution in [0, 0.1) is 5.92 Å². The van der Waals surface area contributed by atoms with Crippen LogP contribution >= 0.6 is 0 Å². The number of guanidine groups is 1. The third-order valence-corrected chi connectivity index (χ3v) is 9.23. The van der Waals surface area contributed by atoms with E-state index in [9.17, 15) is 58.2 Å². The predicted molar refractivity (Wildman–Crippen MR) is 220 cm³/mol. The first-order valence-corrected chi connectivity index (χ1v) is 19.5. The molecule has 0 fully saturated rings. The number of nitrogens with zero attached hydrogens (tertiary/aromatic N) is 1. The fourth-order valence-corrected chi connectivity index (χ4v) is 5.65. The van der Waals surface area contributed by atoms with Crippen LogP contribution in [0.15, 0.2) is 29.3 Å². The smallest absolute Gasteiger partial charge is 0.326 e. The van der Waals surface area contributed by atoms with Crippen molar-refractivity contribution in [2.45, 2.75) is 108 Å². The van der Waals surface area contributed by atoms with Gasteiger partial charge in [-0.25, -0.2) is 4.79 Å². The molecule has 9 amide bonds. The Kier molecular flexibility index (Phi) is 23.0. The number of nitrogens with one attached hydrogen (secondary N) is 6. The number of nitrogens with two attached hydrogens (primary N) is 6. The van der Waals surface area contributed by atoms with Gasteiger partial charge in [0, 0.05) is 25.8 Å². The Balaban J connectivity index is 3.46. The van der Waals surface area contributed by atoms with Crippen LogP contribution in [0.3, 0.4) is 0 Å². The van der Waals surface area contributed by atoms with Gasteiger partial charge in [0.15, 0.2) is 5.96 Å². The summed E-state index contributed by atoms with van der Waals surface area (Å²) in [5, 5.41) is 33.8. The van der Waals surface area contributed by atoms with Crippen LogP contribution in [0.4, 0.5) is 0 Å². The van der Waals surface area contributed by atoms with E-state index >= 15 is 0 Å². The maximum atomic E-state index is 14.0. The Hall–Kier alpha value is -7.05. The highest BCUT2D eigenvalue weighted by Crippen LogP contribution is 2.14. The van der Waals surface area contributed by atoms with Crippen molar-refractivity contribution in [1.82, 2.24) is 31.9 Å². The monoisotopic (exact) mass is 877 g/mol. The van der Waals surface area contributed by atoms with Gasteiger partial charge in [0.1, 0.15) is 42.0 Å². The number of primary amides is 3. The summed E-state index contributed by atoms with van der Waals surface area (Å²) in [5.41, 5.74) is 32.5. The van der Waals surface area contributed by atoms with Crippen molar-refractivity contribution < 1.29 is 58.2 Å². The van der Waals surface area contributed by atoms with Crippen LogP contribution < -0.4 is 66.3 Å². The zero-order valence-corrected chi connectivity index (χ0v) is 34.5. The lowest BCUT2D eigenvalue weighted by molar-refractivity contribution is -0.142. The number of aromatic hydroxyl groups is 1. The molecule has 0 radical (unpaired) electrons. The van der Waals surface area contributed by atoms with Gasteiger partial charge in [-0.3, -0.25) is 48.1 Å². The predicted octanol–water partition coefficient (Wildman–Crippen LogP) is -5.61. The van der Waals surface area contributed by atoms with Crippen molar-refractivity contribution in [3.63, 3.8) is 0 Å². The van der Waals surface area contributed by atoms with Crippen molar-refractivity contribution in [2.24, 2.45) is 45.3 Å². The number of carboxylic acids is 1. The number of amides is 9. The molecule has 20 N–H and O–H groups in total. The quantitative estimate of drug-likeness (QED) is 0.0203. The number of aliphatic carboxylic acids is 1. The molecule has 1 rings (SSSR count). The van der Waals surface area contributed by atoms with E-state index in [-0.39, 0.29) is 63.2 Å². The second kappa shape index (κ2) is 26.9. The fraction of sp³-hybridized carbons (Fsp3) is 0.541. The van der Waals surface area contributed by atoms with Crippen molar-refractivity contribution >= 4 is 65.1 Å². The average Bonchev–Trinajstić information content (AvgIpc) is 3.19. The minimum Gasteiger partial charge on any atom is -0.508 e. The number of benzene rings is 1. The van der Waals surface area contributed by atoms with Crippen LogP contribution in [0.1, 0.15) is 70.8 Å². The van der Waals surface area contributed by atoms with Gasteiger partial charge in [-0.05, 0) is 49.3 Å². The zero-order valence-electron chi connectivity index (χ0n) is 34.5. The maximum absolute atomic E-state index is 14.0. The number of hydrogen-bond acceptors (Lipinski definition) is 13. The van der Waals surface area contributed by atoms with E-state index in [0.29, 0.717) is 5.56 Å². The van der Waals surface area contributed by atoms with Crippen LogP contribution in [-0.4, -0.2) is 125 Å². The number of carboxylic acid groups (broad SMARTS) is 1. The zero-order chi connectivity index (χ0) is 47.1. The van der Waals surface area contributed by atoms with Crippen molar-refractivity contribution in [3.8, 4) is 5.75 Å². The fourth-order valence-electron chi connectivity index (χ4n) is 5.65. The standard InChI is InChI=1S/C37H59N13O12/c1-3-18(2)30(50-34(59)24(16-28(41)54)48-32(57)22(10-12-26(39)52)45-29(55)17-38)35(60)47-21(5-4-14-44-37(42)43)31(56)46-23(11-13-27(40)53)33(58)49-25(36(61)62)15-19-6-8-20(51)9-7-19/h6-9,18,21-25,30,51H,3-5,10-17,38H2,1-2H3,(H2,39,52)(H2,40,53)(H2,41,54)(H,45,55)(H,46,56)(H,47,60)(H,48,57)(H,49,58)(H,50,59)(H,61,62)(H4,42,43,44)/t18-,21-,22-,23-,24-,25-,30-/m0/s1. The Morgan fingerprint density at radius 1 is 0.629 bits per heavy atom. The summed E-state index contributed by atoms with van der Waals surface area (Å²) in [6.07, 6.45) is -2.29. The molecule has 0 aliphatic carbocycles. The van der Waals surface area contributed by atoms with E-state index in [1.165, 1.54) is 24.3 Å². The summed E-state index contributed by atoms with van der Waals surface area (Å²) in [4.78, 5) is 131. The molecule has 1 aromatic carbocycles. The van der Waals surface area contributed by atoms with Gasteiger partial charge >= 0.3 is 5.97 Å². The molecule has 0 bridgehead atoms. The normalized spacial score (nSPS) is 14.1. The van der Waals surface area contributed by atoms with Gasteiger partial charge in [-0.2, -0.15) is 0 Å². The number of phenols is 1. The summed E-state index contributed by atoms with van der Waals surface area (Å²) < 4.78 is 0. The highest BCUT2D eigenvalue weighted by molar-refractivity contribution is 5.98. The van der Waals surface area contributed by atoms with Gasteiger partial charge < -0.3 is 76.5 Å². The minimum atomic E-state index is -1.71. The van der Waals surface area contributed by atoms with E-state index in [1.807, 2.05) is 0 Å². The molecule has 0 unspecified atom stereocenters. The molecule has 0 aromatic heterocycles. The molecule has 0 aliphatic heterocycles. The Labute approximate surface area is 356 Å². The minimum absolute atomic E-state index is 0.0165. The summed E-state index contributed by atoms with van der Waals surface area (Å²) in [5.74, 6) is -11.0. The molecule has 25 nitrogen and oxygen atoms in total. The molecule has 344 valence electrons. The second-order valence-corrected chi connectivity index (χ2v) is 14.3. The molecule has 62 heavy (non-hydrogen) atoms. The lowest BCUT2D eigenvalue weighted by Crippen LogP contribution is -2.61. The third kappa shape index (κ3) is 20.3. The number of carbonyl (C=O) groups excluding carboxylic acids is 9. The lowest BCUT2D eigenvalue weighted by atomic mass is 9.96. The SMILES string of the molecule is CC[C@H](C)[C@H](NC(=O)[C@H](CC(N)=O)NC(=O)[C@H](CCC(N)=O)NC(=O)CN)C(=O)N[C@@H](CCCN=C(N)N)C(=O)N[C@@H](CCC(N)=O)C(=O)N[C@@H](Cc1ccc(O)cc1)C(=O)O. The summed E-state index contributed by atoms with van der Waals surface area (Å²) in [7, 11) is 0. The molecule has 25 heteroatoms. The lowest BCUT2D eigenvalue weighted by Gasteiger charge is -2.29. The van der Waals surface area contributed by atoms with Gasteiger partial charge in [0.25, 0.3) is 0 Å². The molecule has 0 saturated heterocycles. The molecule has 0 spiro atoms. The van der Waals surface area contributed by atoms with Crippen LogP contribution in [-0.2, 0) is 54.4 Å². The third-order valence-electron chi connectivity index (χ3n) is 9.23. The molecular formula is C37H59N13O12. The topological polar surface area (TPSA) is 452 Å². The Morgan fingerprint density at radius 2 is 1.10 bits per heavy atom. The van der Waals surface area contributed by atoms with Crippen molar-refractivity contribution in [1.29, 1.82) is 0 Å². The van der Waals surface area contributed by atoms with Gasteiger partial charge in [-0.1, -0.05) is 32.4 Å². The van der Waals surface area contributed by atoms with E-state index in [0.717, 1.165) is 0 Å². The van der Waals surface area contributed by atoms with Crippen LogP contribution in [0.25, 0.3) is 0 Å². The Bertz CT molecular complexity index is 1790. The number of aliphatic imine (C=N–C) groups is 1.